The lowest BCUT2D eigenvalue weighted by molar-refractivity contribution is -0.134. The van der Waals surface area contributed by atoms with Crippen molar-refractivity contribution in [3.05, 3.63) is 96.8 Å². The number of nitrogens with zero attached hydrogens (tertiary/aromatic N) is 10. The van der Waals surface area contributed by atoms with E-state index in [2.05, 4.69) is 30.8 Å². The van der Waals surface area contributed by atoms with Crippen LogP contribution in [0.4, 0.5) is 11.6 Å². The first-order chi connectivity index (χ1) is 32.7. The van der Waals surface area contributed by atoms with Crippen molar-refractivity contribution >= 4 is 56.6 Å². The topological polar surface area (TPSA) is 213 Å². The fraction of sp³-hybridized carbons (Fsp3) is 0.440. The quantitative estimate of drug-likeness (QED) is 0.114. The van der Waals surface area contributed by atoms with Gasteiger partial charge in [-0.2, -0.15) is 29.4 Å². The van der Waals surface area contributed by atoms with Crippen molar-refractivity contribution in [2.45, 2.75) is 114 Å². The number of aromatic nitrogens is 10. The van der Waals surface area contributed by atoms with Crippen molar-refractivity contribution in [1.82, 2.24) is 48.8 Å². The predicted octanol–water partition coefficient (Wildman–Crippen LogP) is 7.97. The Morgan fingerprint density at radius 2 is 1.03 bits per heavy atom. The zero-order valence-electron chi connectivity index (χ0n) is 38.7. The molecule has 68 heavy (non-hydrogen) atoms. The van der Waals surface area contributed by atoms with Gasteiger partial charge >= 0.3 is 0 Å². The first-order valence-electron chi connectivity index (χ1n) is 23.5. The molecule has 0 saturated heterocycles. The van der Waals surface area contributed by atoms with Crippen molar-refractivity contribution in [2.75, 3.05) is 24.9 Å². The molecule has 2 amide bonds. The van der Waals surface area contributed by atoms with Crippen molar-refractivity contribution in [1.29, 1.82) is 0 Å². The number of methoxy groups -OCH3 is 2. The van der Waals surface area contributed by atoms with Crippen LogP contribution >= 0.6 is 0 Å². The predicted molar refractivity (Wildman–Crippen MR) is 254 cm³/mol. The Bertz CT molecular complexity index is 2990. The SMILES string of the molecule is COc1cc2nn(C3CCC4(CC3)CC(C)(O)C4)cc2cc1C(=O)Nc1cnc2cccnn12.COc1cc2nn(C3CCC4(CC3)CC(C)(O)C4)cc2cc1C(=O)Nc1cnc2cccnn12. The van der Waals surface area contributed by atoms with Gasteiger partial charge in [0.15, 0.2) is 22.9 Å². The van der Waals surface area contributed by atoms with Crippen LogP contribution in [0.5, 0.6) is 11.5 Å². The first kappa shape index (κ1) is 43.6. The summed E-state index contributed by atoms with van der Waals surface area (Å²) in [6.45, 7) is 3.88. The number of nitrogens with one attached hydrogen (secondary N) is 2. The maximum Gasteiger partial charge on any atom is 0.260 e. The van der Waals surface area contributed by atoms with Gasteiger partial charge in [-0.25, -0.2) is 9.97 Å². The molecule has 8 aromatic rings. The largest absolute Gasteiger partial charge is 0.496 e. The fourth-order valence-electron chi connectivity index (χ4n) is 12.2. The van der Waals surface area contributed by atoms with E-state index in [0.717, 1.165) is 98.9 Å². The van der Waals surface area contributed by atoms with E-state index in [0.29, 0.717) is 68.5 Å². The van der Waals surface area contributed by atoms with Crippen LogP contribution in [0.2, 0.25) is 0 Å². The highest BCUT2D eigenvalue weighted by Crippen LogP contribution is 2.59. The second-order valence-electron chi connectivity index (χ2n) is 20.4. The monoisotopic (exact) mass is 920 g/mol. The summed E-state index contributed by atoms with van der Waals surface area (Å²) in [5, 5.41) is 46.1. The minimum atomic E-state index is -0.486. The highest BCUT2D eigenvalue weighted by molar-refractivity contribution is 6.09. The second-order valence-corrected chi connectivity index (χ2v) is 20.4. The number of ether oxygens (including phenoxy) is 2. The molecule has 4 N–H and O–H groups in total. The van der Waals surface area contributed by atoms with Crippen molar-refractivity contribution in [3.63, 3.8) is 0 Å². The van der Waals surface area contributed by atoms with Crippen LogP contribution in [0.3, 0.4) is 0 Å². The summed E-state index contributed by atoms with van der Waals surface area (Å²) in [7, 11) is 3.11. The number of amides is 2. The Morgan fingerprint density at radius 3 is 1.40 bits per heavy atom. The van der Waals surface area contributed by atoms with Crippen LogP contribution in [0.25, 0.3) is 33.1 Å². The van der Waals surface area contributed by atoms with Crippen LogP contribution in [0.15, 0.2) is 85.7 Å². The van der Waals surface area contributed by atoms with Gasteiger partial charge in [0.1, 0.15) is 11.5 Å². The molecule has 0 atom stereocenters. The minimum Gasteiger partial charge on any atom is -0.496 e. The highest BCUT2D eigenvalue weighted by Gasteiger charge is 2.53. The number of hydrogen-bond donors (Lipinski definition) is 4. The Hall–Kier alpha value is -6.92. The lowest BCUT2D eigenvalue weighted by atomic mass is 9.53. The average Bonchev–Trinajstić information content (AvgIpc) is 4.13. The Labute approximate surface area is 391 Å². The minimum absolute atomic E-state index is 0.296. The molecule has 6 heterocycles. The van der Waals surface area contributed by atoms with Gasteiger partial charge in [0.25, 0.3) is 11.8 Å². The molecule has 4 aliphatic rings. The normalized spacial score (nSPS) is 26.6. The van der Waals surface area contributed by atoms with Gasteiger partial charge in [0, 0.05) is 47.7 Å². The molecule has 6 aromatic heterocycles. The molecule has 4 saturated carbocycles. The number of aliphatic hydroxyl groups is 2. The molecule has 2 spiro atoms. The van der Waals surface area contributed by atoms with Gasteiger partial charge < -0.3 is 30.3 Å². The van der Waals surface area contributed by atoms with Gasteiger partial charge in [-0.15, -0.1) is 0 Å². The van der Waals surface area contributed by atoms with Crippen LogP contribution in [0, 0.1) is 10.8 Å². The highest BCUT2D eigenvalue weighted by atomic mass is 16.5. The Morgan fingerprint density at radius 1 is 0.632 bits per heavy atom. The van der Waals surface area contributed by atoms with Crippen LogP contribution in [0.1, 0.15) is 124 Å². The molecule has 4 aliphatic carbocycles. The molecular weight excluding hydrogens is 865 g/mol. The third kappa shape index (κ3) is 8.08. The van der Waals surface area contributed by atoms with E-state index in [1.165, 1.54) is 0 Å². The van der Waals surface area contributed by atoms with Crippen LogP contribution < -0.4 is 20.1 Å². The molecule has 0 radical (unpaired) electrons. The fourth-order valence-corrected chi connectivity index (χ4v) is 12.2. The summed E-state index contributed by atoms with van der Waals surface area (Å²) in [5.41, 5.74) is 3.43. The van der Waals surface area contributed by atoms with E-state index in [4.69, 9.17) is 19.7 Å². The summed E-state index contributed by atoms with van der Waals surface area (Å²) in [6, 6.07) is 15.2. The van der Waals surface area contributed by atoms with Crippen molar-refractivity contribution < 1.29 is 29.3 Å². The van der Waals surface area contributed by atoms with Gasteiger partial charge in [-0.05, 0) is 138 Å². The molecule has 0 aliphatic heterocycles. The maximum absolute atomic E-state index is 13.1. The van der Waals surface area contributed by atoms with E-state index >= 15 is 0 Å². The summed E-state index contributed by atoms with van der Waals surface area (Å²) < 4.78 is 18.3. The van der Waals surface area contributed by atoms with E-state index < -0.39 is 11.2 Å². The Kier molecular flexibility index (Phi) is 10.5. The number of carbonyl (C=O) groups is 2. The number of imidazole rings is 2. The average molecular weight is 921 g/mol. The van der Waals surface area contributed by atoms with Crippen molar-refractivity contribution in [3.8, 4) is 11.5 Å². The molecule has 2 aromatic carbocycles. The van der Waals surface area contributed by atoms with Crippen LogP contribution in [-0.4, -0.2) is 96.2 Å². The summed E-state index contributed by atoms with van der Waals surface area (Å²) in [4.78, 5) is 34.8. The van der Waals surface area contributed by atoms with E-state index in [-0.39, 0.29) is 11.8 Å². The zero-order valence-corrected chi connectivity index (χ0v) is 38.7. The molecule has 18 heteroatoms. The smallest absolute Gasteiger partial charge is 0.260 e. The first-order valence-corrected chi connectivity index (χ1v) is 23.5. The summed E-state index contributed by atoms with van der Waals surface area (Å²) in [6.07, 6.45) is 22.8. The van der Waals surface area contributed by atoms with E-state index in [9.17, 15) is 19.8 Å². The Balaban J connectivity index is 0.000000149. The van der Waals surface area contributed by atoms with Gasteiger partial charge in [0.2, 0.25) is 0 Å². The van der Waals surface area contributed by atoms with E-state index in [1.54, 1.807) is 60.2 Å². The molecular formula is C50H56N12O6. The number of fused-ring (bicyclic) bond motifs is 4. The summed E-state index contributed by atoms with van der Waals surface area (Å²) in [5.74, 6) is 1.33. The summed E-state index contributed by atoms with van der Waals surface area (Å²) >= 11 is 0. The number of benzene rings is 2. The lowest BCUT2D eigenvalue weighted by Gasteiger charge is -2.55. The van der Waals surface area contributed by atoms with Gasteiger partial charge in [-0.1, -0.05) is 0 Å². The number of hydrogen-bond acceptors (Lipinski definition) is 12. The van der Waals surface area contributed by atoms with Gasteiger partial charge in [0.05, 0.1) is 72.1 Å². The lowest BCUT2D eigenvalue weighted by Crippen LogP contribution is -2.51. The molecule has 4 fully saturated rings. The standard InChI is InChI=1S/2C25H28N6O3/c2*1-24(33)14-25(15-24)7-5-17(6-8-25)30-13-16-10-18(20(34-2)11-19(16)29-30)23(32)28-22-12-26-21-4-3-9-27-31(21)22/h2*3-4,9-13,17,33H,5-8,14-15H2,1-2H3,(H,28,32). The molecule has 0 unspecified atom stereocenters. The van der Waals surface area contributed by atoms with Gasteiger partial charge in [-0.3, -0.25) is 19.0 Å². The molecule has 12 rings (SSSR count). The molecule has 0 bridgehead atoms. The number of carbonyl (C=O) groups excluding carboxylic acids is 2. The third-order valence-corrected chi connectivity index (χ3v) is 15.0. The molecule has 352 valence electrons. The van der Waals surface area contributed by atoms with E-state index in [1.807, 2.05) is 72.0 Å². The number of anilines is 2. The maximum atomic E-state index is 13.1. The third-order valence-electron chi connectivity index (χ3n) is 15.0. The number of rotatable bonds is 8. The second kappa shape index (κ2) is 16.4. The zero-order chi connectivity index (χ0) is 47.0. The van der Waals surface area contributed by atoms with Crippen LogP contribution in [-0.2, 0) is 0 Å². The van der Waals surface area contributed by atoms with Crippen molar-refractivity contribution in [2.24, 2.45) is 10.8 Å². The molecule has 18 nitrogen and oxygen atoms in total.